The van der Waals surface area contributed by atoms with Gasteiger partial charge in [-0.2, -0.15) is 0 Å². The number of piperidine rings is 1. The van der Waals surface area contributed by atoms with E-state index in [0.29, 0.717) is 13.0 Å². The molecule has 7 nitrogen and oxygen atoms in total. The number of carboxylic acid groups (broad SMARTS) is 1. The third-order valence-corrected chi connectivity index (χ3v) is 3.75. The first-order chi connectivity index (χ1) is 9.20. The van der Waals surface area contributed by atoms with Crippen LogP contribution in [-0.4, -0.2) is 65.0 Å². The second-order valence-corrected chi connectivity index (χ2v) is 5.59. The second-order valence-electron chi connectivity index (χ2n) is 5.59. The van der Waals surface area contributed by atoms with Gasteiger partial charge in [-0.3, -0.25) is 4.79 Å². The molecule has 1 heterocycles. The van der Waals surface area contributed by atoms with E-state index in [4.69, 9.17) is 0 Å². The molecule has 3 amide bonds. The van der Waals surface area contributed by atoms with E-state index >= 15 is 0 Å². The third-order valence-electron chi connectivity index (χ3n) is 3.75. The normalized spacial score (nSPS) is 23.9. The average molecular weight is 285 g/mol. The number of nitrogens with zero attached hydrogens (tertiary/aromatic N) is 2. The zero-order valence-electron chi connectivity index (χ0n) is 12.5. The molecule has 0 spiro atoms. The molecule has 0 radical (unpaired) electrons. The van der Waals surface area contributed by atoms with Gasteiger partial charge in [-0.05, 0) is 33.1 Å². The highest BCUT2D eigenvalue weighted by molar-refractivity contribution is 5.90. The van der Waals surface area contributed by atoms with Gasteiger partial charge in [0, 0.05) is 20.6 Å². The molecule has 2 atom stereocenters. The van der Waals surface area contributed by atoms with Crippen LogP contribution < -0.4 is 5.32 Å². The summed E-state index contributed by atoms with van der Waals surface area (Å²) in [6, 6.07) is -1.19. The van der Waals surface area contributed by atoms with Crippen molar-refractivity contribution in [2.45, 2.75) is 44.7 Å². The molecule has 20 heavy (non-hydrogen) atoms. The van der Waals surface area contributed by atoms with Gasteiger partial charge in [0.2, 0.25) is 5.91 Å². The minimum Gasteiger partial charge on any atom is -0.480 e. The number of carbonyl (C=O) groups excluding carboxylic acids is 2. The number of hydrogen-bond acceptors (Lipinski definition) is 3. The summed E-state index contributed by atoms with van der Waals surface area (Å²) in [5.41, 5.74) is -1.21. The van der Waals surface area contributed by atoms with Crippen molar-refractivity contribution in [1.29, 1.82) is 0 Å². The summed E-state index contributed by atoms with van der Waals surface area (Å²) >= 11 is 0. The Kier molecular flexibility index (Phi) is 4.97. The first-order valence-corrected chi connectivity index (χ1v) is 6.73. The molecule has 0 saturated carbocycles. The Morgan fingerprint density at radius 3 is 2.40 bits per heavy atom. The van der Waals surface area contributed by atoms with Gasteiger partial charge < -0.3 is 20.2 Å². The third kappa shape index (κ3) is 3.20. The maximum absolute atomic E-state index is 12.2. The summed E-state index contributed by atoms with van der Waals surface area (Å²) in [7, 11) is 3.21. The van der Waals surface area contributed by atoms with Crippen LogP contribution in [0.15, 0.2) is 0 Å². The van der Waals surface area contributed by atoms with Crippen LogP contribution in [0.5, 0.6) is 0 Å². The van der Waals surface area contributed by atoms with Crippen LogP contribution in [-0.2, 0) is 9.59 Å². The van der Waals surface area contributed by atoms with Crippen LogP contribution in [0.2, 0.25) is 0 Å². The van der Waals surface area contributed by atoms with E-state index < -0.39 is 23.6 Å². The van der Waals surface area contributed by atoms with Crippen LogP contribution in [0, 0.1) is 0 Å². The maximum Gasteiger partial charge on any atom is 0.329 e. The van der Waals surface area contributed by atoms with Crippen molar-refractivity contribution in [3.63, 3.8) is 0 Å². The fraction of sp³-hybridized carbons (Fsp3) is 0.769. The van der Waals surface area contributed by atoms with E-state index in [2.05, 4.69) is 5.32 Å². The van der Waals surface area contributed by atoms with E-state index in [1.54, 1.807) is 27.9 Å². The SMILES string of the molecule is CC(NC(=O)N1CCCCC1(C)C(=O)O)C(=O)N(C)C. The molecule has 114 valence electrons. The van der Waals surface area contributed by atoms with Crippen molar-refractivity contribution in [3.8, 4) is 0 Å². The number of carbonyl (C=O) groups is 3. The van der Waals surface area contributed by atoms with Gasteiger partial charge in [0.1, 0.15) is 11.6 Å². The molecule has 2 unspecified atom stereocenters. The fourth-order valence-electron chi connectivity index (χ4n) is 2.38. The van der Waals surface area contributed by atoms with Gasteiger partial charge in [0.15, 0.2) is 0 Å². The second kappa shape index (κ2) is 6.11. The molecule has 1 saturated heterocycles. The number of rotatable bonds is 3. The van der Waals surface area contributed by atoms with Crippen molar-refractivity contribution in [3.05, 3.63) is 0 Å². The molecule has 2 N–H and O–H groups in total. The highest BCUT2D eigenvalue weighted by Gasteiger charge is 2.44. The minimum absolute atomic E-state index is 0.229. The zero-order valence-corrected chi connectivity index (χ0v) is 12.5. The van der Waals surface area contributed by atoms with Crippen molar-refractivity contribution >= 4 is 17.9 Å². The van der Waals surface area contributed by atoms with Crippen LogP contribution in [0.1, 0.15) is 33.1 Å². The number of likely N-dealkylation sites (N-methyl/N-ethyl adjacent to an activating group) is 1. The Labute approximate surface area is 118 Å². The lowest BCUT2D eigenvalue weighted by atomic mass is 9.89. The van der Waals surface area contributed by atoms with Crippen LogP contribution in [0.3, 0.4) is 0 Å². The van der Waals surface area contributed by atoms with Gasteiger partial charge in [-0.1, -0.05) is 0 Å². The number of amides is 3. The topological polar surface area (TPSA) is 90.0 Å². The molecule has 1 aliphatic heterocycles. The monoisotopic (exact) mass is 285 g/mol. The summed E-state index contributed by atoms with van der Waals surface area (Å²) in [5.74, 6) is -1.24. The number of nitrogens with one attached hydrogen (secondary N) is 1. The average Bonchev–Trinajstić information content (AvgIpc) is 2.37. The largest absolute Gasteiger partial charge is 0.480 e. The first kappa shape index (κ1) is 16.3. The molecule has 1 aliphatic rings. The molecule has 1 fully saturated rings. The first-order valence-electron chi connectivity index (χ1n) is 6.73. The van der Waals surface area contributed by atoms with Crippen LogP contribution in [0.4, 0.5) is 4.79 Å². The Morgan fingerprint density at radius 2 is 1.90 bits per heavy atom. The van der Waals surface area contributed by atoms with E-state index in [-0.39, 0.29) is 5.91 Å². The standard InChI is InChI=1S/C13H23N3O4/c1-9(10(17)15(3)4)14-12(20)16-8-6-5-7-13(16,2)11(18)19/h9H,5-8H2,1-4H3,(H,14,20)(H,18,19). The van der Waals surface area contributed by atoms with Gasteiger partial charge in [0.25, 0.3) is 0 Å². The fourth-order valence-corrected chi connectivity index (χ4v) is 2.38. The predicted octanol–water partition coefficient (Wildman–Crippen LogP) is 0.502. The summed E-state index contributed by atoms with van der Waals surface area (Å²) in [6.45, 7) is 3.52. The summed E-state index contributed by atoms with van der Waals surface area (Å²) in [6.07, 6.45) is 1.97. The molecule has 0 aromatic rings. The number of urea groups is 1. The lowest BCUT2D eigenvalue weighted by Crippen LogP contribution is -2.61. The number of aliphatic carboxylic acids is 1. The molecule has 0 bridgehead atoms. The number of carboxylic acids is 1. The quantitative estimate of drug-likeness (QED) is 0.790. The van der Waals surface area contributed by atoms with E-state index in [1.165, 1.54) is 9.80 Å². The smallest absolute Gasteiger partial charge is 0.329 e. The van der Waals surface area contributed by atoms with Crippen molar-refractivity contribution in [2.24, 2.45) is 0 Å². The van der Waals surface area contributed by atoms with Crippen molar-refractivity contribution in [2.75, 3.05) is 20.6 Å². The maximum atomic E-state index is 12.2. The Hall–Kier alpha value is -1.79. The van der Waals surface area contributed by atoms with Crippen molar-refractivity contribution in [1.82, 2.24) is 15.1 Å². The summed E-state index contributed by atoms with van der Waals surface area (Å²) < 4.78 is 0. The van der Waals surface area contributed by atoms with Crippen molar-refractivity contribution < 1.29 is 19.5 Å². The van der Waals surface area contributed by atoms with Gasteiger partial charge in [-0.25, -0.2) is 9.59 Å². The van der Waals surface area contributed by atoms with E-state index in [9.17, 15) is 19.5 Å². The lowest BCUT2D eigenvalue weighted by Gasteiger charge is -2.41. The minimum atomic E-state index is -1.21. The Morgan fingerprint density at radius 1 is 1.30 bits per heavy atom. The molecular formula is C13H23N3O4. The summed E-state index contributed by atoms with van der Waals surface area (Å²) in [5, 5.41) is 11.9. The van der Waals surface area contributed by atoms with Crippen LogP contribution in [0.25, 0.3) is 0 Å². The highest BCUT2D eigenvalue weighted by atomic mass is 16.4. The number of hydrogen-bond donors (Lipinski definition) is 2. The molecule has 0 aromatic heterocycles. The molecule has 0 aromatic carbocycles. The Bertz CT molecular complexity index is 410. The van der Waals surface area contributed by atoms with Gasteiger partial charge >= 0.3 is 12.0 Å². The molecular weight excluding hydrogens is 262 g/mol. The number of likely N-dealkylation sites (tertiary alicyclic amines) is 1. The Balaban J connectivity index is 2.79. The van der Waals surface area contributed by atoms with E-state index in [1.807, 2.05) is 0 Å². The zero-order chi connectivity index (χ0) is 15.5. The lowest BCUT2D eigenvalue weighted by molar-refractivity contribution is -0.150. The van der Waals surface area contributed by atoms with Gasteiger partial charge in [0.05, 0.1) is 0 Å². The molecule has 0 aliphatic carbocycles. The highest BCUT2D eigenvalue weighted by Crippen LogP contribution is 2.28. The van der Waals surface area contributed by atoms with Gasteiger partial charge in [-0.15, -0.1) is 0 Å². The summed E-state index contributed by atoms with van der Waals surface area (Å²) in [4.78, 5) is 38.1. The molecule has 7 heteroatoms. The predicted molar refractivity (Wildman–Crippen MR) is 73.3 cm³/mol. The van der Waals surface area contributed by atoms with E-state index in [0.717, 1.165) is 12.8 Å². The van der Waals surface area contributed by atoms with Crippen LogP contribution >= 0.6 is 0 Å². The molecule has 1 rings (SSSR count).